The van der Waals surface area contributed by atoms with E-state index < -0.39 is 0 Å². The first-order chi connectivity index (χ1) is 12.6. The molecular weight excluding hydrogens is 322 g/mol. The molecule has 6 rings (SSSR count). The van der Waals surface area contributed by atoms with E-state index in [4.69, 9.17) is 0 Å². The van der Waals surface area contributed by atoms with Gasteiger partial charge in [0.25, 0.3) is 0 Å². The van der Waals surface area contributed by atoms with Crippen molar-refractivity contribution in [3.05, 3.63) is 35.9 Å². The Balaban J connectivity index is 1.50. The second-order valence-electron chi connectivity index (χ2n) is 9.58. The van der Waals surface area contributed by atoms with Crippen molar-refractivity contribution in [3.8, 4) is 0 Å². The minimum Gasteiger partial charge on any atom is -0.391 e. The summed E-state index contributed by atoms with van der Waals surface area (Å²) < 4.78 is 0. The van der Waals surface area contributed by atoms with E-state index in [0.717, 1.165) is 30.7 Å². The van der Waals surface area contributed by atoms with Crippen LogP contribution >= 0.6 is 0 Å². The summed E-state index contributed by atoms with van der Waals surface area (Å²) in [5.74, 6) is 4.20. The van der Waals surface area contributed by atoms with Crippen LogP contribution in [0.1, 0.15) is 51.0 Å². The molecular formula is C23H31NO2. The van der Waals surface area contributed by atoms with Crippen LogP contribution in [0.4, 0.5) is 0 Å². The van der Waals surface area contributed by atoms with Gasteiger partial charge in [0.15, 0.2) is 0 Å². The Morgan fingerprint density at radius 1 is 1.12 bits per heavy atom. The third kappa shape index (κ3) is 2.39. The summed E-state index contributed by atoms with van der Waals surface area (Å²) in [6.07, 6.45) is 6.27. The van der Waals surface area contributed by atoms with E-state index in [0.29, 0.717) is 24.8 Å². The molecule has 1 heterocycles. The maximum absolute atomic E-state index is 13.2. The van der Waals surface area contributed by atoms with E-state index in [-0.39, 0.29) is 17.4 Å². The summed E-state index contributed by atoms with van der Waals surface area (Å²) in [5, 5.41) is 9.87. The van der Waals surface area contributed by atoms with Crippen molar-refractivity contribution in [2.24, 2.45) is 29.6 Å². The minimum absolute atomic E-state index is 0.0268. The molecule has 3 heteroatoms. The van der Waals surface area contributed by atoms with Crippen molar-refractivity contribution >= 4 is 5.91 Å². The third-order valence-electron chi connectivity index (χ3n) is 8.56. The zero-order valence-electron chi connectivity index (χ0n) is 15.8. The van der Waals surface area contributed by atoms with E-state index >= 15 is 0 Å². The number of nitrogens with zero attached hydrogens (tertiary/aromatic N) is 1. The van der Waals surface area contributed by atoms with Crippen molar-refractivity contribution in [2.45, 2.75) is 57.0 Å². The molecule has 4 aliphatic carbocycles. The Hall–Kier alpha value is -1.35. The highest BCUT2D eigenvalue weighted by atomic mass is 16.3. The molecule has 1 aromatic carbocycles. The number of carbonyl (C=O) groups excluding carboxylic acids is 1. The number of β-amino-alcohol motifs (C(OH)–C–C–N with tert-alkyl or cyclic N) is 1. The van der Waals surface area contributed by atoms with Crippen LogP contribution in [0.3, 0.4) is 0 Å². The molecule has 26 heavy (non-hydrogen) atoms. The van der Waals surface area contributed by atoms with Crippen LogP contribution in [0.2, 0.25) is 0 Å². The molecule has 5 fully saturated rings. The second kappa shape index (κ2) is 6.09. The molecule has 4 bridgehead atoms. The number of rotatable bonds is 3. The van der Waals surface area contributed by atoms with Gasteiger partial charge in [0.1, 0.15) is 0 Å². The van der Waals surface area contributed by atoms with Crippen LogP contribution in [0.25, 0.3) is 0 Å². The number of hydrogen-bond acceptors (Lipinski definition) is 2. The smallest absolute Gasteiger partial charge is 0.223 e. The predicted molar refractivity (Wildman–Crippen MR) is 102 cm³/mol. The number of benzene rings is 1. The van der Waals surface area contributed by atoms with E-state index in [1.165, 1.54) is 31.2 Å². The largest absolute Gasteiger partial charge is 0.391 e. The second-order valence-corrected chi connectivity index (χ2v) is 9.58. The Morgan fingerprint density at radius 2 is 1.73 bits per heavy atom. The summed E-state index contributed by atoms with van der Waals surface area (Å²) >= 11 is 0. The average molecular weight is 354 g/mol. The molecule has 3 nitrogen and oxygen atoms in total. The number of aliphatic hydroxyl groups excluding tert-OH is 1. The van der Waals surface area contributed by atoms with Crippen molar-refractivity contribution in [1.82, 2.24) is 4.90 Å². The van der Waals surface area contributed by atoms with Gasteiger partial charge >= 0.3 is 0 Å². The summed E-state index contributed by atoms with van der Waals surface area (Å²) in [4.78, 5) is 15.2. The highest BCUT2D eigenvalue weighted by Crippen LogP contribution is 2.65. The Kier molecular flexibility index (Phi) is 3.93. The van der Waals surface area contributed by atoms with Crippen LogP contribution in [0.5, 0.6) is 0 Å². The lowest BCUT2D eigenvalue weighted by Crippen LogP contribution is -2.59. The molecule has 1 saturated heterocycles. The lowest BCUT2D eigenvalue weighted by molar-refractivity contribution is -0.141. The molecule has 1 aromatic rings. The van der Waals surface area contributed by atoms with Gasteiger partial charge in [-0.05, 0) is 67.3 Å². The Morgan fingerprint density at radius 3 is 2.27 bits per heavy atom. The maximum atomic E-state index is 13.2. The highest BCUT2D eigenvalue weighted by molar-refractivity contribution is 5.78. The molecule has 4 saturated carbocycles. The number of hydrogen-bond donors (Lipinski definition) is 1. The first-order valence-corrected chi connectivity index (χ1v) is 10.6. The van der Waals surface area contributed by atoms with E-state index in [2.05, 4.69) is 37.3 Å². The topological polar surface area (TPSA) is 40.5 Å². The van der Waals surface area contributed by atoms with Crippen LogP contribution in [-0.4, -0.2) is 35.1 Å². The van der Waals surface area contributed by atoms with Crippen molar-refractivity contribution in [2.75, 3.05) is 13.1 Å². The molecule has 1 amide bonds. The lowest BCUT2D eigenvalue weighted by Gasteiger charge is -2.63. The summed E-state index contributed by atoms with van der Waals surface area (Å²) in [7, 11) is 0. The maximum Gasteiger partial charge on any atom is 0.223 e. The fourth-order valence-electron chi connectivity index (χ4n) is 7.21. The molecule has 1 atom stereocenters. The van der Waals surface area contributed by atoms with Gasteiger partial charge < -0.3 is 10.0 Å². The van der Waals surface area contributed by atoms with Gasteiger partial charge in [-0.2, -0.15) is 0 Å². The minimum atomic E-state index is -0.328. The quantitative estimate of drug-likeness (QED) is 0.902. The van der Waals surface area contributed by atoms with E-state index in [1.807, 2.05) is 4.90 Å². The van der Waals surface area contributed by atoms with Gasteiger partial charge in [0.05, 0.1) is 6.10 Å². The van der Waals surface area contributed by atoms with E-state index in [1.54, 1.807) is 0 Å². The SMILES string of the molecule is CC1C2CC3CC1CC(C2)C3(CC(=O)N1CC[C@@H](O)C1)c1ccccc1. The van der Waals surface area contributed by atoms with Crippen molar-refractivity contribution in [1.29, 1.82) is 0 Å². The fraction of sp³-hybridized carbons (Fsp3) is 0.696. The van der Waals surface area contributed by atoms with Crippen LogP contribution < -0.4 is 0 Å². The Bertz CT molecular complexity index is 655. The average Bonchev–Trinajstić information content (AvgIpc) is 3.07. The predicted octanol–water partition coefficient (Wildman–Crippen LogP) is 3.61. The van der Waals surface area contributed by atoms with Gasteiger partial charge in [0.2, 0.25) is 5.91 Å². The summed E-state index contributed by atoms with van der Waals surface area (Å²) in [6, 6.07) is 10.9. The van der Waals surface area contributed by atoms with Crippen molar-refractivity contribution in [3.63, 3.8) is 0 Å². The third-order valence-corrected chi connectivity index (χ3v) is 8.56. The fourth-order valence-corrected chi connectivity index (χ4v) is 7.21. The lowest BCUT2D eigenvalue weighted by atomic mass is 9.41. The number of amides is 1. The van der Waals surface area contributed by atoms with E-state index in [9.17, 15) is 9.90 Å². The monoisotopic (exact) mass is 353 g/mol. The van der Waals surface area contributed by atoms with Gasteiger partial charge in [0, 0.05) is 24.9 Å². The Labute approximate surface area is 156 Å². The molecule has 5 aliphatic rings. The normalized spacial score (nSPS) is 43.8. The molecule has 1 N–H and O–H groups in total. The van der Waals surface area contributed by atoms with Gasteiger partial charge in [-0.25, -0.2) is 0 Å². The molecule has 0 unspecified atom stereocenters. The highest BCUT2D eigenvalue weighted by Gasteiger charge is 2.60. The summed E-state index contributed by atoms with van der Waals surface area (Å²) in [6.45, 7) is 3.72. The van der Waals surface area contributed by atoms with Gasteiger partial charge in [-0.1, -0.05) is 37.3 Å². The molecule has 0 spiro atoms. The molecule has 0 aromatic heterocycles. The van der Waals surface area contributed by atoms with Crippen LogP contribution in [0, 0.1) is 29.6 Å². The molecule has 140 valence electrons. The first kappa shape index (κ1) is 16.8. The standard InChI is InChI=1S/C23H31NO2/c1-15-16-9-19-11-17(15)12-20(10-16)23(19,18-5-3-2-4-6-18)13-22(26)24-8-7-21(25)14-24/h2-6,15-17,19-21,25H,7-14H2,1H3/t15?,16?,17?,19?,20?,21-,23?/m1/s1. The first-order valence-electron chi connectivity index (χ1n) is 10.6. The van der Waals surface area contributed by atoms with Crippen LogP contribution in [-0.2, 0) is 10.2 Å². The molecule has 1 aliphatic heterocycles. The van der Waals surface area contributed by atoms with Crippen LogP contribution in [0.15, 0.2) is 30.3 Å². The zero-order chi connectivity index (χ0) is 17.9. The number of likely N-dealkylation sites (tertiary alicyclic amines) is 1. The summed E-state index contributed by atoms with van der Waals surface area (Å²) in [5.41, 5.74) is 1.42. The van der Waals surface area contributed by atoms with Crippen molar-refractivity contribution < 1.29 is 9.90 Å². The molecule has 0 radical (unpaired) electrons. The number of aliphatic hydroxyl groups is 1. The number of carbonyl (C=O) groups is 1. The van der Waals surface area contributed by atoms with Gasteiger partial charge in [-0.3, -0.25) is 4.79 Å². The van der Waals surface area contributed by atoms with Gasteiger partial charge in [-0.15, -0.1) is 0 Å². The zero-order valence-corrected chi connectivity index (χ0v) is 15.8.